The second-order valence-electron chi connectivity index (χ2n) is 3.80. The maximum atomic E-state index is 10.8. The second-order valence-corrected chi connectivity index (χ2v) is 4.18. The molecule has 0 amide bonds. The Morgan fingerprint density at radius 3 is 2.35 bits per heavy atom. The predicted octanol–water partition coefficient (Wildman–Crippen LogP) is 1.37. The van der Waals surface area contributed by atoms with E-state index in [1.54, 1.807) is 0 Å². The van der Waals surface area contributed by atoms with Crippen molar-refractivity contribution in [2.45, 2.75) is 18.9 Å². The molecule has 0 unspecified atom stereocenters. The quantitative estimate of drug-likeness (QED) is 0.389. The van der Waals surface area contributed by atoms with Gasteiger partial charge in [0.1, 0.15) is 5.15 Å². The highest BCUT2D eigenvalue weighted by Gasteiger charge is 2.22. The van der Waals surface area contributed by atoms with E-state index in [0.717, 1.165) is 6.07 Å². The number of nitrogens with one attached hydrogen (secondary N) is 1. The number of hydrogen-bond acceptors (Lipinski definition) is 6. The monoisotopic (exact) mass is 303 g/mol. The number of carboxylic acids is 2. The zero-order chi connectivity index (χ0) is 15.3. The maximum absolute atomic E-state index is 10.8. The standard InChI is InChI=1S/C10H10ClN3O6/c11-7-2-1-6(14(19)20)10(13-7)12-5(3-8(15)16)4-9(17)18/h1-2,5H,3-4H2,(H,12,13)(H,15,16)(H,17,18). The first-order valence-corrected chi connectivity index (χ1v) is 5.68. The summed E-state index contributed by atoms with van der Waals surface area (Å²) in [5, 5.41) is 30.6. The van der Waals surface area contributed by atoms with Crippen molar-refractivity contribution in [3.8, 4) is 0 Å². The third kappa shape index (κ3) is 4.69. The summed E-state index contributed by atoms with van der Waals surface area (Å²) in [7, 11) is 0. The fourth-order valence-corrected chi connectivity index (χ4v) is 1.62. The van der Waals surface area contributed by atoms with Crippen LogP contribution in [0.4, 0.5) is 11.5 Å². The maximum Gasteiger partial charge on any atom is 0.311 e. The molecule has 0 saturated heterocycles. The minimum Gasteiger partial charge on any atom is -0.481 e. The van der Waals surface area contributed by atoms with Crippen LogP contribution >= 0.6 is 11.6 Å². The van der Waals surface area contributed by atoms with Crippen LogP contribution in [0.2, 0.25) is 5.15 Å². The summed E-state index contributed by atoms with van der Waals surface area (Å²) in [5.74, 6) is -2.75. The lowest BCUT2D eigenvalue weighted by Gasteiger charge is -2.15. The van der Waals surface area contributed by atoms with Crippen LogP contribution in [0.15, 0.2) is 12.1 Å². The second kappa shape index (κ2) is 6.66. The van der Waals surface area contributed by atoms with Gasteiger partial charge < -0.3 is 15.5 Å². The van der Waals surface area contributed by atoms with Gasteiger partial charge in [-0.25, -0.2) is 4.98 Å². The Morgan fingerprint density at radius 2 is 1.90 bits per heavy atom. The number of halogens is 1. The van der Waals surface area contributed by atoms with E-state index < -0.39 is 41.4 Å². The van der Waals surface area contributed by atoms with Gasteiger partial charge in [-0.05, 0) is 6.07 Å². The van der Waals surface area contributed by atoms with Crippen LogP contribution in [0.25, 0.3) is 0 Å². The lowest BCUT2D eigenvalue weighted by Crippen LogP contribution is -2.27. The molecule has 0 saturated carbocycles. The van der Waals surface area contributed by atoms with E-state index in [1.807, 2.05) is 0 Å². The van der Waals surface area contributed by atoms with Crippen molar-refractivity contribution in [1.29, 1.82) is 0 Å². The minimum absolute atomic E-state index is 0.0394. The van der Waals surface area contributed by atoms with E-state index in [9.17, 15) is 19.7 Å². The fourth-order valence-electron chi connectivity index (χ4n) is 1.47. The molecule has 0 fully saturated rings. The third-order valence-electron chi connectivity index (χ3n) is 2.22. The predicted molar refractivity (Wildman–Crippen MR) is 67.8 cm³/mol. The molecule has 9 nitrogen and oxygen atoms in total. The van der Waals surface area contributed by atoms with Crippen molar-refractivity contribution in [2.24, 2.45) is 0 Å². The lowest BCUT2D eigenvalue weighted by atomic mass is 10.1. The van der Waals surface area contributed by atoms with Crippen LogP contribution in [0, 0.1) is 10.1 Å². The summed E-state index contributed by atoms with van der Waals surface area (Å²) in [6, 6.07) is 1.25. The van der Waals surface area contributed by atoms with Crippen molar-refractivity contribution in [2.75, 3.05) is 5.32 Å². The Labute approximate surface area is 117 Å². The van der Waals surface area contributed by atoms with Crippen molar-refractivity contribution >= 4 is 35.0 Å². The van der Waals surface area contributed by atoms with Gasteiger partial charge in [-0.1, -0.05) is 11.6 Å². The van der Waals surface area contributed by atoms with Gasteiger partial charge in [0, 0.05) is 12.1 Å². The van der Waals surface area contributed by atoms with Gasteiger partial charge in [-0.2, -0.15) is 0 Å². The van der Waals surface area contributed by atoms with E-state index in [2.05, 4.69) is 10.3 Å². The molecule has 1 aromatic rings. The molecule has 0 spiro atoms. The Hall–Kier alpha value is -2.42. The van der Waals surface area contributed by atoms with Crippen LogP contribution in [-0.2, 0) is 9.59 Å². The summed E-state index contributed by atoms with van der Waals surface area (Å²) in [4.78, 5) is 35.1. The first-order valence-electron chi connectivity index (χ1n) is 5.30. The molecule has 20 heavy (non-hydrogen) atoms. The van der Waals surface area contributed by atoms with Crippen LogP contribution in [-0.4, -0.2) is 38.1 Å². The molecule has 1 aromatic heterocycles. The van der Waals surface area contributed by atoms with E-state index >= 15 is 0 Å². The van der Waals surface area contributed by atoms with Gasteiger partial charge in [0.15, 0.2) is 0 Å². The summed E-state index contributed by atoms with van der Waals surface area (Å²) >= 11 is 5.61. The van der Waals surface area contributed by atoms with Crippen LogP contribution in [0.1, 0.15) is 12.8 Å². The molecule has 108 valence electrons. The zero-order valence-electron chi connectivity index (χ0n) is 9.95. The summed E-state index contributed by atoms with van der Waals surface area (Å²) in [6.07, 6.45) is -1.06. The molecule has 0 aromatic carbocycles. The zero-order valence-corrected chi connectivity index (χ0v) is 10.7. The fraction of sp³-hybridized carbons (Fsp3) is 0.300. The van der Waals surface area contributed by atoms with Gasteiger partial charge in [0.05, 0.1) is 17.8 Å². The van der Waals surface area contributed by atoms with Gasteiger partial charge in [0.2, 0.25) is 5.82 Å². The molecule has 0 atom stereocenters. The number of hydrogen-bond donors (Lipinski definition) is 3. The molecule has 0 bridgehead atoms. The summed E-state index contributed by atoms with van der Waals surface area (Å²) < 4.78 is 0. The normalized spacial score (nSPS) is 10.3. The average molecular weight is 304 g/mol. The molecule has 1 rings (SSSR count). The first-order chi connectivity index (χ1) is 9.29. The van der Waals surface area contributed by atoms with Crippen LogP contribution in [0.5, 0.6) is 0 Å². The number of aliphatic carboxylic acids is 2. The molecular formula is C10H10ClN3O6. The van der Waals surface area contributed by atoms with E-state index in [-0.39, 0.29) is 11.0 Å². The summed E-state index contributed by atoms with van der Waals surface area (Å²) in [5.41, 5.74) is -0.421. The third-order valence-corrected chi connectivity index (χ3v) is 2.43. The topological polar surface area (TPSA) is 143 Å². The molecule has 3 N–H and O–H groups in total. The van der Waals surface area contributed by atoms with Gasteiger partial charge in [0.25, 0.3) is 0 Å². The number of aromatic nitrogens is 1. The Bertz CT molecular complexity index is 534. The van der Waals surface area contributed by atoms with E-state index in [1.165, 1.54) is 6.07 Å². The van der Waals surface area contributed by atoms with Gasteiger partial charge in [-0.15, -0.1) is 0 Å². The van der Waals surface area contributed by atoms with Gasteiger partial charge in [-0.3, -0.25) is 19.7 Å². The highest BCUT2D eigenvalue weighted by atomic mass is 35.5. The minimum atomic E-state index is -1.24. The summed E-state index contributed by atoms with van der Waals surface area (Å²) in [6.45, 7) is 0. The van der Waals surface area contributed by atoms with Crippen molar-refractivity contribution in [1.82, 2.24) is 4.98 Å². The number of nitro groups is 1. The Balaban J connectivity index is 3.02. The lowest BCUT2D eigenvalue weighted by molar-refractivity contribution is -0.384. The highest BCUT2D eigenvalue weighted by molar-refractivity contribution is 6.29. The largest absolute Gasteiger partial charge is 0.481 e. The number of pyridine rings is 1. The van der Waals surface area contributed by atoms with E-state index in [4.69, 9.17) is 21.8 Å². The van der Waals surface area contributed by atoms with Crippen LogP contribution in [0.3, 0.4) is 0 Å². The molecule has 1 heterocycles. The number of nitrogens with zero attached hydrogens (tertiary/aromatic N) is 2. The first kappa shape index (κ1) is 15.6. The molecule has 0 aliphatic heterocycles. The number of carbonyl (C=O) groups is 2. The number of rotatable bonds is 7. The SMILES string of the molecule is O=C(O)CC(CC(=O)O)Nc1nc(Cl)ccc1[N+](=O)[O-]. The van der Waals surface area contributed by atoms with Crippen LogP contribution < -0.4 is 5.32 Å². The Morgan fingerprint density at radius 1 is 1.35 bits per heavy atom. The smallest absolute Gasteiger partial charge is 0.311 e. The molecule has 0 aliphatic rings. The van der Waals surface area contributed by atoms with Crippen molar-refractivity contribution in [3.05, 3.63) is 27.4 Å². The molecule has 0 radical (unpaired) electrons. The van der Waals surface area contributed by atoms with E-state index in [0.29, 0.717) is 0 Å². The highest BCUT2D eigenvalue weighted by Crippen LogP contribution is 2.25. The molecule has 10 heteroatoms. The molecule has 0 aliphatic carbocycles. The van der Waals surface area contributed by atoms with Crippen molar-refractivity contribution in [3.63, 3.8) is 0 Å². The Kier molecular flexibility index (Phi) is 5.21. The van der Waals surface area contributed by atoms with Crippen molar-refractivity contribution < 1.29 is 24.7 Å². The molecular weight excluding hydrogens is 294 g/mol. The number of carboxylic acid groups (broad SMARTS) is 2. The average Bonchev–Trinajstić information content (AvgIpc) is 2.26. The number of anilines is 1. The van der Waals surface area contributed by atoms with Gasteiger partial charge >= 0.3 is 17.6 Å².